The van der Waals surface area contributed by atoms with E-state index < -0.39 is 38.9 Å². The van der Waals surface area contributed by atoms with Gasteiger partial charge in [0.15, 0.2) is 0 Å². The first-order valence-corrected chi connectivity index (χ1v) is 11.0. The van der Waals surface area contributed by atoms with Crippen LogP contribution in [0.15, 0.2) is 34.1 Å². The molecule has 2 fully saturated rings. The number of benzene rings is 1. The van der Waals surface area contributed by atoms with Crippen LogP contribution in [-0.2, 0) is 20.0 Å². The van der Waals surface area contributed by atoms with Crippen LogP contribution in [0.1, 0.15) is 19.3 Å². The monoisotopic (exact) mass is 392 g/mol. The summed E-state index contributed by atoms with van der Waals surface area (Å²) in [6.45, 7) is 0.557. The summed E-state index contributed by atoms with van der Waals surface area (Å²) in [6, 6.07) is 5.01. The lowest BCUT2D eigenvalue weighted by molar-refractivity contribution is 0.0303. The number of sulfonamides is 2. The third-order valence-corrected chi connectivity index (χ3v) is 8.43. The van der Waals surface area contributed by atoms with Crippen LogP contribution in [0.2, 0.25) is 0 Å². The highest BCUT2D eigenvalue weighted by atomic mass is 32.2. The van der Waals surface area contributed by atoms with Crippen LogP contribution in [0, 0.1) is 0 Å². The number of aliphatic hydroxyl groups excluding tert-OH is 1. The Kier molecular flexibility index (Phi) is 5.18. The van der Waals surface area contributed by atoms with Crippen LogP contribution < -0.4 is 0 Å². The van der Waals surface area contributed by atoms with Gasteiger partial charge in [-0.2, -0.15) is 8.61 Å². The van der Waals surface area contributed by atoms with E-state index in [9.17, 15) is 26.3 Å². The number of hydrogen-bond donors (Lipinski definition) is 1. The third-order valence-electron chi connectivity index (χ3n) is 4.63. The number of halogens is 1. The van der Waals surface area contributed by atoms with Crippen LogP contribution in [0.4, 0.5) is 4.39 Å². The molecule has 10 heteroatoms. The smallest absolute Gasteiger partial charge is 0.243 e. The molecule has 1 aromatic rings. The molecule has 2 saturated heterocycles. The standard InChI is InChI=1S/C15H21FN2O5S2/c16-14-11-18(10-7-15(14)19)25(22,23)13-5-3-12(4-6-13)24(20,21)17-8-1-2-9-17/h3-6,14-15,19H,1-2,7-11H2. The molecular formula is C15H21FN2O5S2. The summed E-state index contributed by atoms with van der Waals surface area (Å²) in [5.41, 5.74) is 0. The molecular weight excluding hydrogens is 371 g/mol. The molecule has 7 nitrogen and oxygen atoms in total. The first-order chi connectivity index (χ1) is 11.7. The molecule has 0 aliphatic carbocycles. The zero-order valence-corrected chi connectivity index (χ0v) is 15.2. The van der Waals surface area contributed by atoms with Gasteiger partial charge in [-0.15, -0.1) is 0 Å². The average Bonchev–Trinajstić information content (AvgIpc) is 3.13. The van der Waals surface area contributed by atoms with E-state index in [1.807, 2.05) is 0 Å². The highest BCUT2D eigenvalue weighted by Crippen LogP contribution is 2.25. The van der Waals surface area contributed by atoms with Crippen molar-refractivity contribution >= 4 is 20.0 Å². The molecule has 140 valence electrons. The second kappa shape index (κ2) is 6.92. The van der Waals surface area contributed by atoms with E-state index in [0.29, 0.717) is 13.1 Å². The van der Waals surface area contributed by atoms with E-state index in [0.717, 1.165) is 17.1 Å². The zero-order chi connectivity index (χ0) is 18.2. The highest BCUT2D eigenvalue weighted by molar-refractivity contribution is 7.89. The maximum Gasteiger partial charge on any atom is 0.243 e. The molecule has 1 N–H and O–H groups in total. The lowest BCUT2D eigenvalue weighted by Crippen LogP contribution is -2.47. The normalized spacial score (nSPS) is 26.8. The third kappa shape index (κ3) is 3.59. The molecule has 2 aliphatic rings. The number of hydrogen-bond acceptors (Lipinski definition) is 5. The molecule has 0 radical (unpaired) electrons. The van der Waals surface area contributed by atoms with Gasteiger partial charge in [0.2, 0.25) is 20.0 Å². The van der Waals surface area contributed by atoms with Crippen LogP contribution >= 0.6 is 0 Å². The lowest BCUT2D eigenvalue weighted by atomic mass is 10.1. The lowest BCUT2D eigenvalue weighted by Gasteiger charge is -2.31. The fourth-order valence-electron chi connectivity index (χ4n) is 3.09. The second-order valence-electron chi connectivity index (χ2n) is 6.32. The van der Waals surface area contributed by atoms with Gasteiger partial charge < -0.3 is 5.11 Å². The van der Waals surface area contributed by atoms with Gasteiger partial charge >= 0.3 is 0 Å². The fraction of sp³-hybridized carbons (Fsp3) is 0.600. The summed E-state index contributed by atoms with van der Waals surface area (Å²) >= 11 is 0. The topological polar surface area (TPSA) is 95.0 Å². The number of nitrogens with zero attached hydrogens (tertiary/aromatic N) is 2. The minimum absolute atomic E-state index is 0.0255. The molecule has 3 rings (SSSR count). The van der Waals surface area contributed by atoms with Gasteiger partial charge in [-0.25, -0.2) is 21.2 Å². The summed E-state index contributed by atoms with van der Waals surface area (Å²) in [7, 11) is -7.54. The summed E-state index contributed by atoms with van der Waals surface area (Å²) in [5, 5.41) is 9.39. The van der Waals surface area contributed by atoms with Crippen LogP contribution in [0.25, 0.3) is 0 Å². The number of rotatable bonds is 4. The van der Waals surface area contributed by atoms with Gasteiger partial charge in [-0.05, 0) is 43.5 Å². The van der Waals surface area contributed by atoms with Crippen LogP contribution in [-0.4, -0.2) is 69.0 Å². The van der Waals surface area contributed by atoms with Crippen molar-refractivity contribution in [2.24, 2.45) is 0 Å². The first-order valence-electron chi connectivity index (χ1n) is 8.15. The van der Waals surface area contributed by atoms with Crippen LogP contribution in [0.3, 0.4) is 0 Å². The van der Waals surface area contributed by atoms with Crippen molar-refractivity contribution < 1.29 is 26.3 Å². The Morgan fingerprint density at radius 2 is 1.36 bits per heavy atom. The molecule has 1 aromatic carbocycles. The summed E-state index contributed by atoms with van der Waals surface area (Å²) in [5.74, 6) is 0. The summed E-state index contributed by atoms with van der Waals surface area (Å²) in [4.78, 5) is -0.0396. The Hall–Kier alpha value is -1.07. The summed E-state index contributed by atoms with van der Waals surface area (Å²) < 4.78 is 66.1. The minimum atomic E-state index is -3.93. The molecule has 0 aromatic heterocycles. The van der Waals surface area contributed by atoms with Gasteiger partial charge in [0.1, 0.15) is 6.17 Å². The average molecular weight is 392 g/mol. The molecule has 2 atom stereocenters. The maximum absolute atomic E-state index is 13.6. The van der Waals surface area contributed by atoms with Crippen LogP contribution in [0.5, 0.6) is 0 Å². The molecule has 0 amide bonds. The van der Waals surface area contributed by atoms with Gasteiger partial charge in [0, 0.05) is 26.2 Å². The molecule has 2 heterocycles. The van der Waals surface area contributed by atoms with Crippen molar-refractivity contribution in [3.05, 3.63) is 24.3 Å². The largest absolute Gasteiger partial charge is 0.390 e. The Bertz CT molecular complexity index is 820. The van der Waals surface area contributed by atoms with E-state index in [-0.39, 0.29) is 22.8 Å². The van der Waals surface area contributed by atoms with E-state index in [1.165, 1.54) is 28.6 Å². The van der Waals surface area contributed by atoms with Gasteiger partial charge in [-0.1, -0.05) is 0 Å². The van der Waals surface area contributed by atoms with Crippen molar-refractivity contribution in [2.45, 2.75) is 41.3 Å². The first kappa shape index (κ1) is 18.7. The van der Waals surface area contributed by atoms with Gasteiger partial charge in [0.05, 0.1) is 15.9 Å². The maximum atomic E-state index is 13.6. The second-order valence-corrected chi connectivity index (χ2v) is 10.2. The van der Waals surface area contributed by atoms with Gasteiger partial charge in [-0.3, -0.25) is 0 Å². The SMILES string of the molecule is O=S(=O)(c1ccc(S(=O)(=O)N2CCC(O)C(F)C2)cc1)N1CCCC1. The Balaban J connectivity index is 1.82. The van der Waals surface area contributed by atoms with E-state index in [1.54, 1.807) is 0 Å². The fourth-order valence-corrected chi connectivity index (χ4v) is 6.07. The molecule has 0 bridgehead atoms. The van der Waals surface area contributed by atoms with Crippen molar-refractivity contribution in [1.29, 1.82) is 0 Å². The van der Waals surface area contributed by atoms with Crippen molar-refractivity contribution in [3.8, 4) is 0 Å². The van der Waals surface area contributed by atoms with E-state index in [2.05, 4.69) is 0 Å². The van der Waals surface area contributed by atoms with Gasteiger partial charge in [0.25, 0.3) is 0 Å². The predicted molar refractivity (Wildman–Crippen MR) is 88.7 cm³/mol. The predicted octanol–water partition coefficient (Wildman–Crippen LogP) is 0.564. The molecule has 25 heavy (non-hydrogen) atoms. The minimum Gasteiger partial charge on any atom is -0.390 e. The van der Waals surface area contributed by atoms with Crippen molar-refractivity contribution in [1.82, 2.24) is 8.61 Å². The summed E-state index contributed by atoms with van der Waals surface area (Å²) in [6.07, 6.45) is -1.12. The molecule has 0 saturated carbocycles. The Morgan fingerprint density at radius 3 is 1.84 bits per heavy atom. The van der Waals surface area contributed by atoms with E-state index in [4.69, 9.17) is 0 Å². The Morgan fingerprint density at radius 1 is 0.880 bits per heavy atom. The molecule has 0 spiro atoms. The number of alkyl halides is 1. The van der Waals surface area contributed by atoms with Crippen molar-refractivity contribution in [2.75, 3.05) is 26.2 Å². The molecule has 2 unspecified atom stereocenters. The molecule has 2 aliphatic heterocycles. The quantitative estimate of drug-likeness (QED) is 0.808. The highest BCUT2D eigenvalue weighted by Gasteiger charge is 2.35. The van der Waals surface area contributed by atoms with E-state index >= 15 is 0 Å². The zero-order valence-electron chi connectivity index (χ0n) is 13.6. The van der Waals surface area contributed by atoms with Crippen molar-refractivity contribution in [3.63, 3.8) is 0 Å². The number of piperidine rings is 1. The number of aliphatic hydroxyl groups is 1. The Labute approximate surface area is 147 Å².